The highest BCUT2D eigenvalue weighted by Gasteiger charge is 2.32. The van der Waals surface area contributed by atoms with E-state index in [1.807, 2.05) is 0 Å². The second-order valence-electron chi connectivity index (χ2n) is 9.46. The van der Waals surface area contributed by atoms with Gasteiger partial charge >= 0.3 is 0 Å². The van der Waals surface area contributed by atoms with Gasteiger partial charge in [0.1, 0.15) is 4.90 Å². The van der Waals surface area contributed by atoms with Crippen LogP contribution in [0, 0.1) is 20.2 Å². The van der Waals surface area contributed by atoms with Crippen LogP contribution in [0.4, 0.5) is 17.1 Å². The Labute approximate surface area is 275 Å². The highest BCUT2D eigenvalue weighted by atomic mass is 35.7. The van der Waals surface area contributed by atoms with Crippen molar-refractivity contribution in [1.82, 2.24) is 8.61 Å². The molecule has 2 saturated heterocycles. The number of nitrogen functional groups attached to an aromatic ring is 1. The molecule has 17 nitrogen and oxygen atoms in total. The number of rotatable bonds is 7. The predicted molar refractivity (Wildman–Crippen MR) is 169 cm³/mol. The molecule has 5 rings (SSSR count). The number of benzene rings is 3. The van der Waals surface area contributed by atoms with Gasteiger partial charge in [0.25, 0.3) is 20.4 Å². The number of nitro benzene ring substituents is 2. The minimum atomic E-state index is -4.05. The molecular weight excluding hydrogens is 706 g/mol. The molecule has 0 aromatic heterocycles. The van der Waals surface area contributed by atoms with Crippen molar-refractivity contribution in [2.24, 2.45) is 0 Å². The quantitative estimate of drug-likeness (QED) is 0.159. The molecule has 0 bridgehead atoms. The summed E-state index contributed by atoms with van der Waals surface area (Å²) in [4.78, 5) is 19.1. The van der Waals surface area contributed by atoms with E-state index in [9.17, 15) is 45.5 Å². The van der Waals surface area contributed by atoms with Crippen molar-refractivity contribution in [3.8, 4) is 0 Å². The molecule has 256 valence electrons. The molecule has 2 N–H and O–H groups in total. The van der Waals surface area contributed by atoms with Crippen LogP contribution in [0.5, 0.6) is 0 Å². The van der Waals surface area contributed by atoms with Crippen LogP contribution in [0.15, 0.2) is 87.5 Å². The number of nitro groups is 2. The number of morpholine rings is 2. The van der Waals surface area contributed by atoms with Crippen molar-refractivity contribution in [2.75, 3.05) is 58.3 Å². The van der Waals surface area contributed by atoms with Gasteiger partial charge in [-0.05, 0) is 24.3 Å². The van der Waals surface area contributed by atoms with Crippen LogP contribution in [0.1, 0.15) is 0 Å². The van der Waals surface area contributed by atoms with Crippen LogP contribution in [0.25, 0.3) is 0 Å². The third-order valence-corrected chi connectivity index (χ3v) is 11.8. The van der Waals surface area contributed by atoms with E-state index in [4.69, 9.17) is 25.9 Å². The van der Waals surface area contributed by atoms with E-state index in [0.29, 0.717) is 39.5 Å². The summed E-state index contributed by atoms with van der Waals surface area (Å²) in [6.45, 7) is 2.69. The molecule has 0 spiro atoms. The third-order valence-electron chi connectivity index (χ3n) is 6.48. The van der Waals surface area contributed by atoms with E-state index in [0.717, 1.165) is 12.1 Å². The van der Waals surface area contributed by atoms with Crippen LogP contribution in [-0.2, 0) is 38.6 Å². The van der Waals surface area contributed by atoms with E-state index in [1.165, 1.54) is 51.1 Å². The lowest BCUT2D eigenvalue weighted by Crippen LogP contribution is -2.40. The maximum absolute atomic E-state index is 12.3. The number of sulfonamides is 2. The Morgan fingerprint density at radius 3 is 1.32 bits per heavy atom. The van der Waals surface area contributed by atoms with E-state index in [-0.39, 0.29) is 28.6 Å². The molecule has 0 atom stereocenters. The van der Waals surface area contributed by atoms with Gasteiger partial charge in [-0.1, -0.05) is 36.4 Å². The Kier molecular flexibility index (Phi) is 13.1. The van der Waals surface area contributed by atoms with E-state index in [2.05, 4.69) is 0 Å². The van der Waals surface area contributed by atoms with Gasteiger partial charge in [-0.15, -0.1) is 0 Å². The van der Waals surface area contributed by atoms with Crippen LogP contribution < -0.4 is 5.73 Å². The van der Waals surface area contributed by atoms with Gasteiger partial charge in [0.05, 0.1) is 42.0 Å². The molecule has 2 aliphatic heterocycles. The Bertz CT molecular complexity index is 1900. The second-order valence-corrected chi connectivity index (χ2v) is 15.8. The van der Waals surface area contributed by atoms with Crippen LogP contribution in [0.3, 0.4) is 0 Å². The highest BCUT2D eigenvalue weighted by molar-refractivity contribution is 8.13. The molecular formula is C26H30ClN5O12S3. The summed E-state index contributed by atoms with van der Waals surface area (Å²) in [5.74, 6) is 0. The first kappa shape index (κ1) is 37.7. The number of halogens is 1. The molecule has 0 aliphatic carbocycles. The fourth-order valence-electron chi connectivity index (χ4n) is 4.21. The lowest BCUT2D eigenvalue weighted by Gasteiger charge is -2.26. The molecule has 2 aliphatic rings. The largest absolute Gasteiger partial charge is 0.398 e. The van der Waals surface area contributed by atoms with Gasteiger partial charge in [-0.25, -0.2) is 25.3 Å². The average molecular weight is 736 g/mol. The van der Waals surface area contributed by atoms with E-state index < -0.39 is 55.2 Å². The van der Waals surface area contributed by atoms with Crippen LogP contribution in [-0.4, -0.2) is 96.3 Å². The van der Waals surface area contributed by atoms with Gasteiger partial charge in [-0.2, -0.15) is 8.61 Å². The number of hydrogen-bond donors (Lipinski definition) is 1. The first-order valence-corrected chi connectivity index (χ1v) is 18.7. The summed E-state index contributed by atoms with van der Waals surface area (Å²) >= 11 is 0. The average Bonchev–Trinajstić information content (AvgIpc) is 3.06. The first-order valence-electron chi connectivity index (χ1n) is 13.5. The number of ether oxygens (including phenoxy) is 2. The van der Waals surface area contributed by atoms with Gasteiger partial charge < -0.3 is 15.2 Å². The zero-order chi connectivity index (χ0) is 34.8. The predicted octanol–water partition coefficient (Wildman–Crippen LogP) is 2.43. The van der Waals surface area contributed by atoms with E-state index >= 15 is 0 Å². The number of anilines is 1. The zero-order valence-corrected chi connectivity index (χ0v) is 27.7. The molecule has 0 saturated carbocycles. The van der Waals surface area contributed by atoms with E-state index in [1.54, 1.807) is 18.2 Å². The molecule has 2 fully saturated rings. The maximum Gasteiger partial charge on any atom is 0.289 e. The van der Waals surface area contributed by atoms with Crippen molar-refractivity contribution in [3.63, 3.8) is 0 Å². The zero-order valence-electron chi connectivity index (χ0n) is 24.5. The molecule has 3 aromatic rings. The monoisotopic (exact) mass is 735 g/mol. The first-order chi connectivity index (χ1) is 22.1. The number of para-hydroxylation sites is 3. The summed E-state index contributed by atoms with van der Waals surface area (Å²) in [6, 6.07) is 16.7. The topological polar surface area (TPSA) is 240 Å². The molecule has 0 radical (unpaired) electrons. The SMILES string of the molecule is Nc1ccccc1S(=O)(=O)N1CCOCC1.O=[N+]([O-])c1ccccc1S(=O)(=O)Cl.O=[N+]([O-])c1ccccc1S(=O)(=O)N1CCOCC1. The van der Waals surface area contributed by atoms with Crippen molar-refractivity contribution < 1.29 is 44.6 Å². The fraction of sp³-hybridized carbons (Fsp3) is 0.308. The second kappa shape index (κ2) is 16.4. The van der Waals surface area contributed by atoms with Gasteiger partial charge in [0.2, 0.25) is 20.0 Å². The number of nitrogens with two attached hydrogens (primary N) is 1. The normalized spacial score (nSPS) is 16.1. The van der Waals surface area contributed by atoms with Crippen molar-refractivity contribution >= 4 is 56.8 Å². The smallest absolute Gasteiger partial charge is 0.289 e. The summed E-state index contributed by atoms with van der Waals surface area (Å²) in [7, 11) is -6.36. The highest BCUT2D eigenvalue weighted by Crippen LogP contribution is 2.27. The standard InChI is InChI=1S/C10H12N2O5S.C10H14N2O3S.C6H4ClNO4S/c13-12(14)9-3-1-2-4-10(9)18(15,16)11-5-7-17-8-6-11;11-9-3-1-2-4-10(9)16(13,14)12-5-7-15-8-6-12;7-13(11,12)6-4-2-1-3-5(6)8(9)10/h1-4H,5-8H2;1-4H,5-8,11H2;1-4H. The van der Waals surface area contributed by atoms with Crippen LogP contribution >= 0.6 is 10.7 Å². The Hall–Kier alpha value is -3.76. The van der Waals surface area contributed by atoms with Crippen LogP contribution in [0.2, 0.25) is 0 Å². The minimum absolute atomic E-state index is 0.178. The lowest BCUT2D eigenvalue weighted by atomic mass is 10.3. The molecule has 0 unspecified atom stereocenters. The van der Waals surface area contributed by atoms with Crippen molar-refractivity contribution in [2.45, 2.75) is 14.7 Å². The minimum Gasteiger partial charge on any atom is -0.398 e. The third kappa shape index (κ3) is 9.87. The Morgan fingerprint density at radius 1 is 0.596 bits per heavy atom. The summed E-state index contributed by atoms with van der Waals surface area (Å²) in [5, 5.41) is 21.2. The van der Waals surface area contributed by atoms with Crippen molar-refractivity contribution in [1.29, 1.82) is 0 Å². The molecule has 0 amide bonds. The summed E-state index contributed by atoms with van der Waals surface area (Å²) < 4.78 is 83.4. The molecule has 2 heterocycles. The summed E-state index contributed by atoms with van der Waals surface area (Å²) in [5.41, 5.74) is 5.05. The number of hydrogen-bond acceptors (Lipinski definition) is 13. The fourth-order valence-corrected chi connectivity index (χ4v) is 8.32. The molecule has 47 heavy (non-hydrogen) atoms. The maximum atomic E-state index is 12.3. The summed E-state index contributed by atoms with van der Waals surface area (Å²) in [6.07, 6.45) is 0. The molecule has 3 aromatic carbocycles. The number of nitrogens with zero attached hydrogens (tertiary/aromatic N) is 4. The van der Waals surface area contributed by atoms with Gasteiger partial charge in [0.15, 0.2) is 9.79 Å². The Morgan fingerprint density at radius 2 is 0.936 bits per heavy atom. The lowest BCUT2D eigenvalue weighted by molar-refractivity contribution is -0.388. The Balaban J connectivity index is 0.000000194. The van der Waals surface area contributed by atoms with Crippen molar-refractivity contribution in [3.05, 3.63) is 93.0 Å². The van der Waals surface area contributed by atoms with Gasteiger partial charge in [-0.3, -0.25) is 20.2 Å². The molecule has 21 heteroatoms. The van der Waals surface area contributed by atoms with Gasteiger partial charge in [0, 0.05) is 49.0 Å².